The molecule has 0 radical (unpaired) electrons. The Morgan fingerprint density at radius 1 is 1.08 bits per heavy atom. The molecule has 2 aliphatic carbocycles. The molecule has 2 aromatic heterocycles. The van der Waals surface area contributed by atoms with E-state index in [0.29, 0.717) is 24.1 Å². The van der Waals surface area contributed by atoms with Crippen LogP contribution in [0.1, 0.15) is 65.3 Å². The summed E-state index contributed by atoms with van der Waals surface area (Å²) in [6, 6.07) is 18.2. The van der Waals surface area contributed by atoms with Crippen LogP contribution in [0.5, 0.6) is 0 Å². The lowest BCUT2D eigenvalue weighted by molar-refractivity contribution is 0.0441. The predicted octanol–water partition coefficient (Wildman–Crippen LogP) is 6.44. The number of aromatic nitrogens is 2. The molecule has 0 spiro atoms. The zero-order chi connectivity index (χ0) is 26.2. The van der Waals surface area contributed by atoms with Gasteiger partial charge >= 0.3 is 5.97 Å². The third kappa shape index (κ3) is 4.78. The van der Waals surface area contributed by atoms with Crippen LogP contribution in [0, 0.1) is 6.92 Å². The zero-order valence-electron chi connectivity index (χ0n) is 22.1. The van der Waals surface area contributed by atoms with Crippen LogP contribution >= 0.6 is 0 Å². The number of hydrogen-bond donors (Lipinski definition) is 0. The van der Waals surface area contributed by atoms with Gasteiger partial charge in [0.1, 0.15) is 17.3 Å². The summed E-state index contributed by atoms with van der Waals surface area (Å²) in [5, 5.41) is 5.40. The van der Waals surface area contributed by atoms with Crippen molar-refractivity contribution in [1.29, 1.82) is 0 Å². The third-order valence-corrected chi connectivity index (χ3v) is 7.99. The second-order valence-corrected chi connectivity index (χ2v) is 10.5. The molecule has 2 fully saturated rings. The molecule has 2 aliphatic rings. The van der Waals surface area contributed by atoms with Gasteiger partial charge in [0.15, 0.2) is 0 Å². The Balaban J connectivity index is 1.13. The summed E-state index contributed by atoms with van der Waals surface area (Å²) in [5.74, 6) is 2.06. The monoisotopic (exact) mass is 511 g/mol. The van der Waals surface area contributed by atoms with E-state index in [1.54, 1.807) is 6.07 Å². The number of pyridine rings is 1. The molecular weight excluding hydrogens is 478 g/mol. The predicted molar refractivity (Wildman–Crippen MR) is 146 cm³/mol. The number of hydrogen-bond acceptors (Lipinski definition) is 7. The molecule has 2 aromatic carbocycles. The minimum atomic E-state index is -0.341. The minimum Gasteiger partial charge on any atom is -0.465 e. The summed E-state index contributed by atoms with van der Waals surface area (Å²) in [7, 11) is 3.49. The Morgan fingerprint density at radius 2 is 1.92 bits per heavy atom. The van der Waals surface area contributed by atoms with Gasteiger partial charge in [-0.25, -0.2) is 9.78 Å². The second kappa shape index (κ2) is 10.2. The lowest BCUT2D eigenvalue weighted by Gasteiger charge is -2.26. The fraction of sp³-hybridized carbons (Fsp3) is 0.387. The molecule has 196 valence electrons. The molecule has 7 nitrogen and oxygen atoms in total. The Bertz CT molecular complexity index is 1480. The van der Waals surface area contributed by atoms with E-state index in [1.165, 1.54) is 12.7 Å². The van der Waals surface area contributed by atoms with Gasteiger partial charge in [-0.2, -0.15) is 0 Å². The summed E-state index contributed by atoms with van der Waals surface area (Å²) < 4.78 is 17.2. The molecule has 4 aromatic rings. The molecule has 0 aliphatic heterocycles. The van der Waals surface area contributed by atoms with Crippen LogP contribution < -0.4 is 4.90 Å². The number of fused-ring (bicyclic) bond motifs is 1. The van der Waals surface area contributed by atoms with Crippen molar-refractivity contribution >= 4 is 22.7 Å². The van der Waals surface area contributed by atoms with Crippen LogP contribution in [0.2, 0.25) is 0 Å². The van der Waals surface area contributed by atoms with E-state index in [-0.39, 0.29) is 12.1 Å². The van der Waals surface area contributed by atoms with Crippen molar-refractivity contribution < 1.29 is 18.8 Å². The van der Waals surface area contributed by atoms with Gasteiger partial charge in [0.2, 0.25) is 0 Å². The summed E-state index contributed by atoms with van der Waals surface area (Å²) in [4.78, 5) is 19.0. The highest BCUT2D eigenvalue weighted by atomic mass is 16.5. The number of ether oxygens (including phenoxy) is 2. The van der Waals surface area contributed by atoms with Gasteiger partial charge in [-0.3, -0.25) is 0 Å². The summed E-state index contributed by atoms with van der Waals surface area (Å²) in [6.45, 7) is 2.64. The van der Waals surface area contributed by atoms with E-state index in [1.807, 2.05) is 24.3 Å². The van der Waals surface area contributed by atoms with Crippen molar-refractivity contribution in [3.63, 3.8) is 0 Å². The molecule has 0 amide bonds. The average molecular weight is 512 g/mol. The highest BCUT2D eigenvalue weighted by Crippen LogP contribution is 2.45. The van der Waals surface area contributed by atoms with E-state index in [4.69, 9.17) is 19.0 Å². The van der Waals surface area contributed by atoms with Crippen LogP contribution in [0.4, 0.5) is 5.82 Å². The maximum Gasteiger partial charge on any atom is 0.337 e. The van der Waals surface area contributed by atoms with Gasteiger partial charge in [-0.1, -0.05) is 29.4 Å². The molecule has 6 rings (SSSR count). The first-order valence-electron chi connectivity index (χ1n) is 13.4. The number of esters is 1. The number of nitrogens with zero attached hydrogens (tertiary/aromatic N) is 3. The molecule has 38 heavy (non-hydrogen) atoms. The van der Waals surface area contributed by atoms with Crippen LogP contribution in [-0.2, 0) is 16.1 Å². The summed E-state index contributed by atoms with van der Waals surface area (Å²) in [6.07, 6.45) is 5.50. The molecule has 2 heterocycles. The molecule has 2 atom stereocenters. The molecule has 2 saturated carbocycles. The maximum atomic E-state index is 11.9. The van der Waals surface area contributed by atoms with Crippen LogP contribution in [-0.4, -0.2) is 42.4 Å². The van der Waals surface area contributed by atoms with Crippen molar-refractivity contribution in [3.05, 3.63) is 77.0 Å². The van der Waals surface area contributed by atoms with E-state index < -0.39 is 0 Å². The first kappa shape index (κ1) is 24.6. The summed E-state index contributed by atoms with van der Waals surface area (Å²) in [5.41, 5.74) is 5.73. The number of aryl methyl sites for hydroxylation is 1. The highest BCUT2D eigenvalue weighted by molar-refractivity contribution is 5.94. The van der Waals surface area contributed by atoms with Crippen molar-refractivity contribution in [2.45, 2.75) is 63.7 Å². The van der Waals surface area contributed by atoms with Crippen molar-refractivity contribution in [1.82, 2.24) is 10.1 Å². The fourth-order valence-electron chi connectivity index (χ4n) is 5.54. The topological polar surface area (TPSA) is 77.7 Å². The molecular formula is C31H33N3O4. The minimum absolute atomic E-state index is 0.178. The molecule has 0 bridgehead atoms. The Kier molecular flexibility index (Phi) is 6.62. The largest absolute Gasteiger partial charge is 0.465 e. The SMILES string of the molecule is COC(=O)c1ccc2nc(N(C)[C@@H]3CC[C@H](OCc4c(-c5ccccc5C)noc4C4CC4)C3)ccc2c1. The molecule has 0 saturated heterocycles. The van der Waals surface area contributed by atoms with Gasteiger partial charge in [-0.05, 0) is 74.9 Å². The Morgan fingerprint density at radius 3 is 2.71 bits per heavy atom. The van der Waals surface area contributed by atoms with E-state index in [0.717, 1.165) is 71.4 Å². The van der Waals surface area contributed by atoms with Crippen molar-refractivity contribution in [3.8, 4) is 11.3 Å². The molecule has 0 unspecified atom stereocenters. The van der Waals surface area contributed by atoms with E-state index in [2.05, 4.69) is 48.3 Å². The van der Waals surface area contributed by atoms with Gasteiger partial charge in [-0.15, -0.1) is 0 Å². The molecule has 7 heteroatoms. The fourth-order valence-corrected chi connectivity index (χ4v) is 5.54. The number of anilines is 1. The Hall–Kier alpha value is -3.71. The number of benzene rings is 2. The van der Waals surface area contributed by atoms with Gasteiger partial charge < -0.3 is 18.9 Å². The standard InChI is InChI=1S/C31H33N3O4/c1-19-6-4-5-7-25(19)29-26(30(38-33-29)20-8-9-20)18-37-24-13-12-23(17-24)34(2)28-15-11-21-16-22(31(35)36-3)10-14-27(21)32-28/h4-7,10-11,14-16,20,23-24H,8-9,12-13,17-18H2,1-3H3/t23-,24+/m1/s1. The lowest BCUT2D eigenvalue weighted by atomic mass is 10.0. The Labute approximate surface area is 222 Å². The summed E-state index contributed by atoms with van der Waals surface area (Å²) >= 11 is 0. The van der Waals surface area contributed by atoms with Crippen LogP contribution in [0.25, 0.3) is 22.2 Å². The van der Waals surface area contributed by atoms with E-state index in [9.17, 15) is 4.79 Å². The normalized spacial score (nSPS) is 19.1. The second-order valence-electron chi connectivity index (χ2n) is 10.5. The van der Waals surface area contributed by atoms with Gasteiger partial charge in [0.25, 0.3) is 0 Å². The molecule has 0 N–H and O–H groups in total. The van der Waals surface area contributed by atoms with Crippen LogP contribution in [0.15, 0.2) is 59.1 Å². The highest BCUT2D eigenvalue weighted by Gasteiger charge is 2.34. The smallest absolute Gasteiger partial charge is 0.337 e. The van der Waals surface area contributed by atoms with Gasteiger partial charge in [0.05, 0.1) is 30.9 Å². The van der Waals surface area contributed by atoms with Crippen LogP contribution in [0.3, 0.4) is 0 Å². The number of carbonyl (C=O) groups is 1. The van der Waals surface area contributed by atoms with Crippen molar-refractivity contribution in [2.24, 2.45) is 0 Å². The number of methoxy groups -OCH3 is 1. The van der Waals surface area contributed by atoms with Crippen molar-refractivity contribution in [2.75, 3.05) is 19.1 Å². The number of rotatable bonds is 8. The maximum absolute atomic E-state index is 11.9. The zero-order valence-corrected chi connectivity index (χ0v) is 22.1. The lowest BCUT2D eigenvalue weighted by Crippen LogP contribution is -2.30. The quantitative estimate of drug-likeness (QED) is 0.252. The van der Waals surface area contributed by atoms with E-state index >= 15 is 0 Å². The third-order valence-electron chi connectivity index (χ3n) is 7.99. The first-order valence-corrected chi connectivity index (χ1v) is 13.4. The number of carbonyl (C=O) groups excluding carboxylic acids is 1. The van der Waals surface area contributed by atoms with Gasteiger partial charge in [0, 0.05) is 35.5 Å². The average Bonchev–Trinajstić information content (AvgIpc) is 3.53. The first-order chi connectivity index (χ1) is 18.5.